The van der Waals surface area contributed by atoms with Gasteiger partial charge < -0.3 is 10.6 Å². The number of thioether (sulfide) groups is 1. The molecule has 0 fully saturated rings. The lowest BCUT2D eigenvalue weighted by atomic mass is 10.1. The van der Waals surface area contributed by atoms with E-state index in [9.17, 15) is 9.59 Å². The Morgan fingerprint density at radius 1 is 0.821 bits per heavy atom. The zero-order valence-electron chi connectivity index (χ0n) is 15.2. The SMILES string of the molecule is CC(=O)Nc1ccc(SC(C(=O)Nc2ccc(I)cc2)c2ccccc2)cc1. The van der Waals surface area contributed by atoms with Crippen LogP contribution in [0.5, 0.6) is 0 Å². The highest BCUT2D eigenvalue weighted by Gasteiger charge is 2.22. The molecule has 0 aliphatic carbocycles. The van der Waals surface area contributed by atoms with E-state index in [4.69, 9.17) is 0 Å². The van der Waals surface area contributed by atoms with Crippen molar-refractivity contribution in [1.82, 2.24) is 0 Å². The number of anilines is 2. The van der Waals surface area contributed by atoms with Gasteiger partial charge in [-0.3, -0.25) is 9.59 Å². The third kappa shape index (κ3) is 5.84. The van der Waals surface area contributed by atoms with E-state index in [1.54, 1.807) is 0 Å². The van der Waals surface area contributed by atoms with Gasteiger partial charge in [0.05, 0.1) is 0 Å². The van der Waals surface area contributed by atoms with Crippen molar-refractivity contribution in [2.75, 3.05) is 10.6 Å². The summed E-state index contributed by atoms with van der Waals surface area (Å²) < 4.78 is 1.11. The van der Waals surface area contributed by atoms with Crippen LogP contribution in [-0.4, -0.2) is 11.8 Å². The average molecular weight is 502 g/mol. The second-order valence-electron chi connectivity index (χ2n) is 6.11. The van der Waals surface area contributed by atoms with Crippen LogP contribution in [0.15, 0.2) is 83.8 Å². The van der Waals surface area contributed by atoms with Crippen LogP contribution in [0.1, 0.15) is 17.7 Å². The van der Waals surface area contributed by atoms with E-state index in [-0.39, 0.29) is 11.8 Å². The predicted molar refractivity (Wildman–Crippen MR) is 124 cm³/mol. The van der Waals surface area contributed by atoms with Crippen molar-refractivity contribution in [3.8, 4) is 0 Å². The monoisotopic (exact) mass is 502 g/mol. The summed E-state index contributed by atoms with van der Waals surface area (Å²) in [5, 5.41) is 5.36. The number of carbonyl (C=O) groups excluding carboxylic acids is 2. The van der Waals surface area contributed by atoms with Gasteiger partial charge in [0.15, 0.2) is 0 Å². The van der Waals surface area contributed by atoms with E-state index >= 15 is 0 Å². The first-order valence-corrected chi connectivity index (χ1v) is 10.6. The number of amides is 2. The molecule has 3 aromatic carbocycles. The van der Waals surface area contributed by atoms with Gasteiger partial charge >= 0.3 is 0 Å². The van der Waals surface area contributed by atoms with Crippen LogP contribution < -0.4 is 10.6 Å². The van der Waals surface area contributed by atoms with Crippen molar-refractivity contribution in [3.63, 3.8) is 0 Å². The van der Waals surface area contributed by atoms with Gasteiger partial charge in [0.25, 0.3) is 0 Å². The molecule has 0 aromatic heterocycles. The van der Waals surface area contributed by atoms with Crippen LogP contribution in [0.3, 0.4) is 0 Å². The van der Waals surface area contributed by atoms with Gasteiger partial charge in [-0.05, 0) is 76.7 Å². The molecule has 2 amide bonds. The highest BCUT2D eigenvalue weighted by molar-refractivity contribution is 14.1. The van der Waals surface area contributed by atoms with Gasteiger partial charge in [-0.1, -0.05) is 30.3 Å². The molecule has 0 saturated heterocycles. The maximum Gasteiger partial charge on any atom is 0.242 e. The maximum absolute atomic E-state index is 13.0. The molecule has 0 bridgehead atoms. The van der Waals surface area contributed by atoms with Crippen LogP contribution in [0, 0.1) is 3.57 Å². The van der Waals surface area contributed by atoms with E-state index in [1.807, 2.05) is 78.9 Å². The van der Waals surface area contributed by atoms with E-state index in [2.05, 4.69) is 33.2 Å². The van der Waals surface area contributed by atoms with Crippen LogP contribution in [0.2, 0.25) is 0 Å². The standard InChI is InChI=1S/C22H19IN2O2S/c1-15(26)24-18-11-13-20(14-12-18)28-21(16-5-3-2-4-6-16)22(27)25-19-9-7-17(23)8-10-19/h2-14,21H,1H3,(H,24,26)(H,25,27). The van der Waals surface area contributed by atoms with E-state index in [1.165, 1.54) is 18.7 Å². The first-order valence-electron chi connectivity index (χ1n) is 8.67. The molecule has 2 N–H and O–H groups in total. The minimum atomic E-state index is -0.396. The van der Waals surface area contributed by atoms with E-state index in [0.29, 0.717) is 0 Å². The molecule has 1 atom stereocenters. The summed E-state index contributed by atoms with van der Waals surface area (Å²) in [7, 11) is 0. The number of rotatable bonds is 6. The Kier molecular flexibility index (Phi) is 7.11. The molecule has 0 aliphatic rings. The Labute approximate surface area is 182 Å². The Morgan fingerprint density at radius 2 is 1.39 bits per heavy atom. The molecule has 0 radical (unpaired) electrons. The molecule has 0 saturated carbocycles. The third-order valence-corrected chi connectivity index (χ3v) is 5.87. The van der Waals surface area contributed by atoms with Gasteiger partial charge in [0.1, 0.15) is 5.25 Å². The zero-order chi connectivity index (χ0) is 19.9. The van der Waals surface area contributed by atoms with Crippen molar-refractivity contribution in [2.24, 2.45) is 0 Å². The number of hydrogen-bond donors (Lipinski definition) is 2. The molecule has 0 spiro atoms. The fourth-order valence-corrected chi connectivity index (χ4v) is 3.98. The number of nitrogens with one attached hydrogen (secondary N) is 2. The number of carbonyl (C=O) groups is 2. The summed E-state index contributed by atoms with van der Waals surface area (Å²) in [6.45, 7) is 1.48. The van der Waals surface area contributed by atoms with Gasteiger partial charge in [0, 0.05) is 26.8 Å². The van der Waals surface area contributed by atoms with Gasteiger partial charge in [0.2, 0.25) is 11.8 Å². The molecular formula is C22H19IN2O2S. The third-order valence-electron chi connectivity index (χ3n) is 3.88. The summed E-state index contributed by atoms with van der Waals surface area (Å²) in [6.07, 6.45) is 0. The first-order chi connectivity index (χ1) is 13.5. The Balaban J connectivity index is 1.80. The second kappa shape index (κ2) is 9.75. The normalized spacial score (nSPS) is 11.5. The average Bonchev–Trinajstić information content (AvgIpc) is 2.69. The lowest BCUT2D eigenvalue weighted by Crippen LogP contribution is -2.19. The van der Waals surface area contributed by atoms with Crippen molar-refractivity contribution < 1.29 is 9.59 Å². The number of hydrogen-bond acceptors (Lipinski definition) is 3. The predicted octanol–water partition coefficient (Wildman–Crippen LogP) is 5.72. The van der Waals surface area contributed by atoms with Crippen LogP contribution in [0.4, 0.5) is 11.4 Å². The van der Waals surface area contributed by atoms with Gasteiger partial charge in [-0.2, -0.15) is 0 Å². The summed E-state index contributed by atoms with van der Waals surface area (Å²) in [6, 6.07) is 24.9. The lowest BCUT2D eigenvalue weighted by Gasteiger charge is -2.17. The molecule has 0 aliphatic heterocycles. The van der Waals surface area contributed by atoms with E-state index < -0.39 is 5.25 Å². The Bertz CT molecular complexity index is 945. The summed E-state index contributed by atoms with van der Waals surface area (Å²) >= 11 is 3.71. The lowest BCUT2D eigenvalue weighted by molar-refractivity contribution is -0.116. The Morgan fingerprint density at radius 3 is 2.00 bits per heavy atom. The zero-order valence-corrected chi connectivity index (χ0v) is 18.2. The van der Waals surface area contributed by atoms with Crippen LogP contribution >= 0.6 is 34.4 Å². The fourth-order valence-electron chi connectivity index (χ4n) is 2.60. The summed E-state index contributed by atoms with van der Waals surface area (Å²) in [4.78, 5) is 25.1. The molecule has 1 unspecified atom stereocenters. The van der Waals surface area contributed by atoms with Crippen LogP contribution in [-0.2, 0) is 9.59 Å². The topological polar surface area (TPSA) is 58.2 Å². The van der Waals surface area contributed by atoms with E-state index in [0.717, 1.165) is 25.4 Å². The van der Waals surface area contributed by atoms with Crippen molar-refractivity contribution in [3.05, 3.63) is 88.0 Å². The minimum absolute atomic E-state index is 0.0802. The molecule has 3 rings (SSSR count). The second-order valence-corrected chi connectivity index (χ2v) is 8.53. The molecule has 28 heavy (non-hydrogen) atoms. The molecule has 142 valence electrons. The molecule has 3 aromatic rings. The van der Waals surface area contributed by atoms with Crippen LogP contribution in [0.25, 0.3) is 0 Å². The molecule has 4 nitrogen and oxygen atoms in total. The summed E-state index contributed by atoms with van der Waals surface area (Å²) in [5.74, 6) is -0.192. The molecular weight excluding hydrogens is 483 g/mol. The minimum Gasteiger partial charge on any atom is -0.326 e. The molecule has 6 heteroatoms. The smallest absolute Gasteiger partial charge is 0.242 e. The number of halogens is 1. The van der Waals surface area contributed by atoms with Gasteiger partial charge in [-0.15, -0.1) is 11.8 Å². The molecule has 0 heterocycles. The Hall–Kier alpha value is -2.32. The quantitative estimate of drug-likeness (QED) is 0.335. The highest BCUT2D eigenvalue weighted by atomic mass is 127. The maximum atomic E-state index is 13.0. The largest absolute Gasteiger partial charge is 0.326 e. The summed E-state index contributed by atoms with van der Waals surface area (Å²) in [5.41, 5.74) is 2.44. The number of benzene rings is 3. The first kappa shape index (κ1) is 20.4. The van der Waals surface area contributed by atoms with Crippen molar-refractivity contribution >= 4 is 57.5 Å². The van der Waals surface area contributed by atoms with Gasteiger partial charge in [-0.25, -0.2) is 0 Å². The fraction of sp³-hybridized carbons (Fsp3) is 0.0909. The van der Waals surface area contributed by atoms with Crippen molar-refractivity contribution in [2.45, 2.75) is 17.1 Å². The highest BCUT2D eigenvalue weighted by Crippen LogP contribution is 2.36. The van der Waals surface area contributed by atoms with Crippen molar-refractivity contribution in [1.29, 1.82) is 0 Å².